The van der Waals surface area contributed by atoms with Crippen molar-refractivity contribution in [2.75, 3.05) is 31.1 Å². The number of guanidine groups is 1. The van der Waals surface area contributed by atoms with Crippen LogP contribution in [0.15, 0.2) is 35.6 Å². The third-order valence-electron chi connectivity index (χ3n) is 4.56. The zero-order valence-electron chi connectivity index (χ0n) is 16.2. The Hall–Kier alpha value is -1.91. The second-order valence-electron chi connectivity index (χ2n) is 6.68. The first-order valence-electron chi connectivity index (χ1n) is 9.28. The smallest absolute Gasteiger partial charge is 0.191 e. The van der Waals surface area contributed by atoms with Gasteiger partial charge in [0.25, 0.3) is 0 Å². The average molecular weight is 504 g/mol. The van der Waals surface area contributed by atoms with E-state index >= 15 is 0 Å². The third kappa shape index (κ3) is 5.79. The van der Waals surface area contributed by atoms with Crippen LogP contribution in [0.1, 0.15) is 18.9 Å². The number of aromatic nitrogens is 2. The molecule has 0 amide bonds. The molecule has 3 rings (SSSR count). The number of benzene rings is 1. The summed E-state index contributed by atoms with van der Waals surface area (Å²) in [6.07, 6.45) is 5.42. The molecule has 1 aromatic heterocycles. The van der Waals surface area contributed by atoms with Crippen molar-refractivity contribution in [1.82, 2.24) is 20.4 Å². The predicted octanol–water partition coefficient (Wildman–Crippen LogP) is 2.69. The summed E-state index contributed by atoms with van der Waals surface area (Å²) in [6.45, 7) is 4.53. The number of para-hydroxylation sites is 1. The van der Waals surface area contributed by atoms with Gasteiger partial charge in [-0.15, -0.1) is 24.0 Å². The lowest BCUT2D eigenvalue weighted by atomic mass is 10.2. The summed E-state index contributed by atoms with van der Waals surface area (Å²) in [5.74, 6) is -0.317. The van der Waals surface area contributed by atoms with Crippen molar-refractivity contribution < 1.29 is 8.78 Å². The summed E-state index contributed by atoms with van der Waals surface area (Å²) in [5.41, 5.74) is 1.19. The van der Waals surface area contributed by atoms with E-state index in [-0.39, 0.29) is 35.7 Å². The van der Waals surface area contributed by atoms with E-state index in [9.17, 15) is 8.78 Å². The summed E-state index contributed by atoms with van der Waals surface area (Å²) < 4.78 is 29.8. The molecular weight excluding hydrogens is 477 g/mol. The molecule has 154 valence electrons. The Bertz CT molecular complexity index is 774. The minimum atomic E-state index is -0.521. The summed E-state index contributed by atoms with van der Waals surface area (Å²) >= 11 is 0. The first kappa shape index (κ1) is 22.4. The Kier molecular flexibility index (Phi) is 8.46. The lowest BCUT2D eigenvalue weighted by molar-refractivity contribution is 0.576. The molecule has 1 unspecified atom stereocenters. The minimum Gasteiger partial charge on any atom is -0.365 e. The Morgan fingerprint density at radius 3 is 2.71 bits per heavy atom. The van der Waals surface area contributed by atoms with Crippen LogP contribution in [0.2, 0.25) is 0 Å². The number of hydrogen-bond donors (Lipinski definition) is 2. The molecule has 1 aliphatic heterocycles. The van der Waals surface area contributed by atoms with Crippen LogP contribution in [0.5, 0.6) is 0 Å². The molecule has 2 aromatic rings. The maximum absolute atomic E-state index is 14.0. The Labute approximate surface area is 181 Å². The van der Waals surface area contributed by atoms with Gasteiger partial charge in [-0.25, -0.2) is 8.78 Å². The van der Waals surface area contributed by atoms with Gasteiger partial charge in [0.05, 0.1) is 6.20 Å². The SMILES string of the molecule is CCNC(=NCCc1cnn(C)c1)NC1CCN(c2c(F)cccc2F)C1.I. The number of halogens is 3. The van der Waals surface area contributed by atoms with Crippen molar-refractivity contribution in [3.63, 3.8) is 0 Å². The lowest BCUT2D eigenvalue weighted by Crippen LogP contribution is -2.44. The van der Waals surface area contributed by atoms with Gasteiger partial charge in [-0.3, -0.25) is 9.67 Å². The zero-order valence-corrected chi connectivity index (χ0v) is 18.5. The molecule has 28 heavy (non-hydrogen) atoms. The van der Waals surface area contributed by atoms with Crippen LogP contribution >= 0.6 is 24.0 Å². The molecule has 1 saturated heterocycles. The molecule has 0 bridgehead atoms. The summed E-state index contributed by atoms with van der Waals surface area (Å²) in [6, 6.07) is 4.06. The van der Waals surface area contributed by atoms with Crippen LogP contribution in [-0.2, 0) is 13.5 Å². The average Bonchev–Trinajstić information content (AvgIpc) is 3.24. The molecule has 0 saturated carbocycles. The monoisotopic (exact) mass is 504 g/mol. The summed E-state index contributed by atoms with van der Waals surface area (Å²) in [5, 5.41) is 10.8. The van der Waals surface area contributed by atoms with Crippen LogP contribution < -0.4 is 15.5 Å². The molecule has 1 aromatic carbocycles. The number of anilines is 1. The molecule has 6 nitrogen and oxygen atoms in total. The molecule has 1 aliphatic rings. The molecule has 0 aliphatic carbocycles. The van der Waals surface area contributed by atoms with Crippen LogP contribution in [-0.4, -0.2) is 48.0 Å². The van der Waals surface area contributed by atoms with Gasteiger partial charge >= 0.3 is 0 Å². The largest absolute Gasteiger partial charge is 0.365 e. The fraction of sp³-hybridized carbons (Fsp3) is 0.474. The van der Waals surface area contributed by atoms with Crippen molar-refractivity contribution in [2.45, 2.75) is 25.8 Å². The predicted molar refractivity (Wildman–Crippen MR) is 118 cm³/mol. The molecular formula is C19H27F2IN6. The molecule has 1 atom stereocenters. The highest BCUT2D eigenvalue weighted by molar-refractivity contribution is 14.0. The molecule has 0 radical (unpaired) electrons. The highest BCUT2D eigenvalue weighted by Crippen LogP contribution is 2.26. The second-order valence-corrected chi connectivity index (χ2v) is 6.68. The van der Waals surface area contributed by atoms with Gasteiger partial charge in [-0.1, -0.05) is 6.07 Å². The van der Waals surface area contributed by atoms with Crippen LogP contribution in [0.3, 0.4) is 0 Å². The molecule has 2 heterocycles. The Balaban J connectivity index is 0.00000280. The zero-order chi connectivity index (χ0) is 19.2. The normalized spacial score (nSPS) is 16.8. The van der Waals surface area contributed by atoms with Gasteiger partial charge < -0.3 is 15.5 Å². The maximum atomic E-state index is 14.0. The van der Waals surface area contributed by atoms with Gasteiger partial charge in [-0.2, -0.15) is 5.10 Å². The van der Waals surface area contributed by atoms with Crippen molar-refractivity contribution in [1.29, 1.82) is 0 Å². The first-order chi connectivity index (χ1) is 13.1. The summed E-state index contributed by atoms with van der Waals surface area (Å²) in [7, 11) is 1.89. The highest BCUT2D eigenvalue weighted by atomic mass is 127. The number of nitrogens with zero attached hydrogens (tertiary/aromatic N) is 4. The van der Waals surface area contributed by atoms with E-state index in [1.54, 1.807) is 9.58 Å². The van der Waals surface area contributed by atoms with Gasteiger partial charge in [0.15, 0.2) is 5.96 Å². The topological polar surface area (TPSA) is 57.5 Å². The van der Waals surface area contributed by atoms with E-state index in [1.807, 2.05) is 26.4 Å². The fourth-order valence-corrected chi connectivity index (χ4v) is 3.28. The van der Waals surface area contributed by atoms with Crippen molar-refractivity contribution >= 4 is 35.6 Å². The number of hydrogen-bond acceptors (Lipinski definition) is 3. The van der Waals surface area contributed by atoms with E-state index in [2.05, 4.69) is 20.7 Å². The van der Waals surface area contributed by atoms with Gasteiger partial charge in [0, 0.05) is 45.5 Å². The number of nitrogens with one attached hydrogen (secondary N) is 2. The number of aryl methyl sites for hydroxylation is 1. The summed E-state index contributed by atoms with van der Waals surface area (Å²) in [4.78, 5) is 6.36. The molecule has 9 heteroatoms. The van der Waals surface area contributed by atoms with Gasteiger partial charge in [0.1, 0.15) is 17.3 Å². The van der Waals surface area contributed by atoms with E-state index < -0.39 is 11.6 Å². The first-order valence-corrected chi connectivity index (χ1v) is 9.28. The van der Waals surface area contributed by atoms with E-state index in [0.717, 1.165) is 30.9 Å². The second kappa shape index (κ2) is 10.6. The standard InChI is InChI=1S/C19H26F2N6.HI/c1-3-22-19(23-9-7-14-11-24-26(2)12-14)25-15-8-10-27(13-15)18-16(20)5-4-6-17(18)21;/h4-6,11-12,15H,3,7-10,13H2,1-2H3,(H2,22,23,25);1H. The quantitative estimate of drug-likeness (QED) is 0.361. The van der Waals surface area contributed by atoms with Crippen LogP contribution in [0.4, 0.5) is 14.5 Å². The van der Waals surface area contributed by atoms with Gasteiger partial charge in [-0.05, 0) is 37.5 Å². The minimum absolute atomic E-state index is 0. The van der Waals surface area contributed by atoms with E-state index in [4.69, 9.17) is 0 Å². The van der Waals surface area contributed by atoms with Crippen LogP contribution in [0.25, 0.3) is 0 Å². The van der Waals surface area contributed by atoms with Crippen molar-refractivity contribution in [2.24, 2.45) is 12.0 Å². The maximum Gasteiger partial charge on any atom is 0.191 e. The lowest BCUT2D eigenvalue weighted by Gasteiger charge is -2.21. The van der Waals surface area contributed by atoms with E-state index in [0.29, 0.717) is 19.6 Å². The van der Waals surface area contributed by atoms with E-state index in [1.165, 1.54) is 18.2 Å². The molecule has 0 spiro atoms. The van der Waals surface area contributed by atoms with Crippen LogP contribution in [0, 0.1) is 11.6 Å². The number of rotatable bonds is 6. The third-order valence-corrected chi connectivity index (χ3v) is 4.56. The fourth-order valence-electron chi connectivity index (χ4n) is 3.28. The highest BCUT2D eigenvalue weighted by Gasteiger charge is 2.27. The Morgan fingerprint density at radius 2 is 2.07 bits per heavy atom. The van der Waals surface area contributed by atoms with Crippen molar-refractivity contribution in [3.8, 4) is 0 Å². The Morgan fingerprint density at radius 1 is 1.32 bits per heavy atom. The van der Waals surface area contributed by atoms with Gasteiger partial charge in [0.2, 0.25) is 0 Å². The molecule has 2 N–H and O–H groups in total. The van der Waals surface area contributed by atoms with Crippen molar-refractivity contribution in [3.05, 3.63) is 47.8 Å². The molecule has 1 fully saturated rings. The number of aliphatic imine (C=N–C) groups is 1.